The number of nitrogens with one attached hydrogen (secondary N) is 1. The van der Waals surface area contributed by atoms with Crippen LogP contribution in [0, 0.1) is 0 Å². The highest BCUT2D eigenvalue weighted by molar-refractivity contribution is 6.30. The Morgan fingerprint density at radius 3 is 2.32 bits per heavy atom. The summed E-state index contributed by atoms with van der Waals surface area (Å²) in [5.74, 6) is 0. The van der Waals surface area contributed by atoms with Gasteiger partial charge in [0.15, 0.2) is 0 Å². The van der Waals surface area contributed by atoms with Gasteiger partial charge in [-0.1, -0.05) is 54.1 Å². The molecule has 0 radical (unpaired) electrons. The van der Waals surface area contributed by atoms with Crippen LogP contribution < -0.4 is 5.32 Å². The largest absolute Gasteiger partial charge is 0.313 e. The number of hydrogen-bond acceptors (Lipinski definition) is 1. The van der Waals surface area contributed by atoms with Crippen molar-refractivity contribution >= 4 is 11.6 Å². The van der Waals surface area contributed by atoms with Crippen LogP contribution in [0.1, 0.15) is 30.0 Å². The molecular formula is C17H20ClN. The summed E-state index contributed by atoms with van der Waals surface area (Å²) in [7, 11) is 2.02. The topological polar surface area (TPSA) is 12.0 Å². The molecule has 1 atom stereocenters. The fourth-order valence-corrected chi connectivity index (χ4v) is 2.45. The summed E-state index contributed by atoms with van der Waals surface area (Å²) in [4.78, 5) is 0. The van der Waals surface area contributed by atoms with Crippen molar-refractivity contribution in [1.82, 2.24) is 5.32 Å². The van der Waals surface area contributed by atoms with Gasteiger partial charge in [0, 0.05) is 11.1 Å². The molecule has 0 saturated heterocycles. The number of aryl methyl sites for hydroxylation is 1. The van der Waals surface area contributed by atoms with Crippen LogP contribution in [-0.2, 0) is 6.42 Å². The van der Waals surface area contributed by atoms with Crippen LogP contribution in [0.25, 0.3) is 0 Å². The summed E-state index contributed by atoms with van der Waals surface area (Å²) in [5, 5.41) is 4.18. The van der Waals surface area contributed by atoms with E-state index in [1.54, 1.807) is 0 Å². The molecule has 2 aromatic rings. The summed E-state index contributed by atoms with van der Waals surface area (Å²) < 4.78 is 0. The van der Waals surface area contributed by atoms with Gasteiger partial charge in [0.25, 0.3) is 0 Å². The van der Waals surface area contributed by atoms with Crippen LogP contribution in [0.4, 0.5) is 0 Å². The Morgan fingerprint density at radius 2 is 1.68 bits per heavy atom. The van der Waals surface area contributed by atoms with Gasteiger partial charge >= 0.3 is 0 Å². The van der Waals surface area contributed by atoms with Crippen LogP contribution in [0.3, 0.4) is 0 Å². The standard InChI is InChI=1S/C17H20ClN/c1-19-17(15-10-12-16(18)13-11-15)9-5-8-14-6-3-2-4-7-14/h2-4,6-7,10-13,17,19H,5,8-9H2,1H3. The van der Waals surface area contributed by atoms with E-state index in [2.05, 4.69) is 47.8 Å². The number of benzene rings is 2. The molecular weight excluding hydrogens is 254 g/mol. The zero-order valence-corrected chi connectivity index (χ0v) is 12.0. The highest BCUT2D eigenvalue weighted by Gasteiger charge is 2.08. The van der Waals surface area contributed by atoms with E-state index >= 15 is 0 Å². The Morgan fingerprint density at radius 1 is 1.00 bits per heavy atom. The molecule has 2 rings (SSSR count). The predicted octanol–water partition coefficient (Wildman–Crippen LogP) is 4.62. The van der Waals surface area contributed by atoms with Crippen LogP contribution >= 0.6 is 11.6 Å². The molecule has 1 N–H and O–H groups in total. The summed E-state index contributed by atoms with van der Waals surface area (Å²) in [6, 6.07) is 19.2. The van der Waals surface area contributed by atoms with Gasteiger partial charge in [-0.25, -0.2) is 0 Å². The van der Waals surface area contributed by atoms with Crippen LogP contribution in [-0.4, -0.2) is 7.05 Å². The van der Waals surface area contributed by atoms with Crippen LogP contribution in [0.5, 0.6) is 0 Å². The van der Waals surface area contributed by atoms with Gasteiger partial charge in [-0.2, -0.15) is 0 Å². The zero-order chi connectivity index (χ0) is 13.5. The molecule has 2 heteroatoms. The first-order valence-corrected chi connectivity index (χ1v) is 7.14. The maximum Gasteiger partial charge on any atom is 0.0406 e. The Kier molecular flexibility index (Phi) is 5.44. The lowest BCUT2D eigenvalue weighted by molar-refractivity contribution is 0.527. The van der Waals surface area contributed by atoms with Crippen molar-refractivity contribution in [3.05, 3.63) is 70.7 Å². The fraction of sp³-hybridized carbons (Fsp3) is 0.294. The van der Waals surface area contributed by atoms with E-state index in [1.807, 2.05) is 19.2 Å². The maximum absolute atomic E-state index is 5.92. The highest BCUT2D eigenvalue weighted by Crippen LogP contribution is 2.21. The third-order valence-corrected chi connectivity index (χ3v) is 3.67. The summed E-state index contributed by atoms with van der Waals surface area (Å²) in [5.41, 5.74) is 2.72. The van der Waals surface area contributed by atoms with E-state index in [9.17, 15) is 0 Å². The summed E-state index contributed by atoms with van der Waals surface area (Å²) >= 11 is 5.92. The molecule has 0 aliphatic carbocycles. The molecule has 1 nitrogen and oxygen atoms in total. The lowest BCUT2D eigenvalue weighted by Gasteiger charge is -2.16. The zero-order valence-electron chi connectivity index (χ0n) is 11.3. The van der Waals surface area contributed by atoms with Crippen LogP contribution in [0.15, 0.2) is 54.6 Å². The van der Waals surface area contributed by atoms with E-state index in [1.165, 1.54) is 17.5 Å². The SMILES string of the molecule is CNC(CCCc1ccccc1)c1ccc(Cl)cc1. The van der Waals surface area contributed by atoms with Crippen LogP contribution in [0.2, 0.25) is 5.02 Å². The van der Waals surface area contributed by atoms with Gasteiger partial charge < -0.3 is 5.32 Å². The molecule has 0 fully saturated rings. The van der Waals surface area contributed by atoms with Gasteiger partial charge in [-0.05, 0) is 49.6 Å². The first kappa shape index (κ1) is 14.1. The van der Waals surface area contributed by atoms with E-state index in [0.29, 0.717) is 6.04 Å². The first-order valence-electron chi connectivity index (χ1n) is 6.76. The minimum Gasteiger partial charge on any atom is -0.313 e. The minimum atomic E-state index is 0.404. The third kappa shape index (κ3) is 4.38. The second kappa shape index (κ2) is 7.32. The molecule has 0 aliphatic heterocycles. The lowest BCUT2D eigenvalue weighted by atomic mass is 9.99. The molecule has 2 aromatic carbocycles. The molecule has 0 aliphatic rings. The van der Waals surface area contributed by atoms with E-state index < -0.39 is 0 Å². The summed E-state index contributed by atoms with van der Waals surface area (Å²) in [6.07, 6.45) is 3.44. The third-order valence-electron chi connectivity index (χ3n) is 3.42. The monoisotopic (exact) mass is 273 g/mol. The van der Waals surface area contributed by atoms with Gasteiger partial charge in [-0.15, -0.1) is 0 Å². The molecule has 100 valence electrons. The Bertz CT molecular complexity index is 478. The molecule has 19 heavy (non-hydrogen) atoms. The quantitative estimate of drug-likeness (QED) is 0.810. The van der Waals surface area contributed by atoms with Crippen molar-refractivity contribution in [2.45, 2.75) is 25.3 Å². The Balaban J connectivity index is 1.87. The molecule has 0 spiro atoms. The average Bonchev–Trinajstić information content (AvgIpc) is 2.46. The fourth-order valence-electron chi connectivity index (χ4n) is 2.33. The van der Waals surface area contributed by atoms with E-state index in [0.717, 1.165) is 17.9 Å². The van der Waals surface area contributed by atoms with Gasteiger partial charge in [0.05, 0.1) is 0 Å². The summed E-state index contributed by atoms with van der Waals surface area (Å²) in [6.45, 7) is 0. The molecule has 0 amide bonds. The smallest absolute Gasteiger partial charge is 0.0406 e. The van der Waals surface area contributed by atoms with Gasteiger partial charge in [-0.3, -0.25) is 0 Å². The van der Waals surface area contributed by atoms with E-state index in [4.69, 9.17) is 11.6 Å². The van der Waals surface area contributed by atoms with Gasteiger partial charge in [0.2, 0.25) is 0 Å². The number of hydrogen-bond donors (Lipinski definition) is 1. The van der Waals surface area contributed by atoms with Crippen molar-refractivity contribution in [3.8, 4) is 0 Å². The molecule has 0 bridgehead atoms. The molecule has 1 unspecified atom stereocenters. The molecule has 0 saturated carbocycles. The minimum absolute atomic E-state index is 0.404. The second-order valence-electron chi connectivity index (χ2n) is 4.77. The van der Waals surface area contributed by atoms with Crippen molar-refractivity contribution in [1.29, 1.82) is 0 Å². The van der Waals surface area contributed by atoms with Crippen molar-refractivity contribution in [2.75, 3.05) is 7.05 Å². The molecule has 0 heterocycles. The highest BCUT2D eigenvalue weighted by atomic mass is 35.5. The second-order valence-corrected chi connectivity index (χ2v) is 5.21. The maximum atomic E-state index is 5.92. The first-order chi connectivity index (χ1) is 9.29. The van der Waals surface area contributed by atoms with Crippen molar-refractivity contribution in [3.63, 3.8) is 0 Å². The number of halogens is 1. The van der Waals surface area contributed by atoms with Crippen molar-refractivity contribution < 1.29 is 0 Å². The van der Waals surface area contributed by atoms with E-state index in [-0.39, 0.29) is 0 Å². The Hall–Kier alpha value is -1.31. The Labute approximate surface area is 120 Å². The van der Waals surface area contributed by atoms with Crippen molar-refractivity contribution in [2.24, 2.45) is 0 Å². The molecule has 0 aromatic heterocycles. The predicted molar refractivity (Wildman–Crippen MR) is 82.6 cm³/mol. The lowest BCUT2D eigenvalue weighted by Crippen LogP contribution is -2.16. The normalized spacial score (nSPS) is 12.3. The van der Waals surface area contributed by atoms with Gasteiger partial charge in [0.1, 0.15) is 0 Å². The number of rotatable bonds is 6. The average molecular weight is 274 g/mol.